The Morgan fingerprint density at radius 3 is 2.45 bits per heavy atom. The van der Waals surface area contributed by atoms with E-state index in [1.807, 2.05) is 6.07 Å². The van der Waals surface area contributed by atoms with Crippen LogP contribution in [-0.4, -0.2) is 51.7 Å². The van der Waals surface area contributed by atoms with Gasteiger partial charge in [0.05, 0.1) is 10.0 Å². The van der Waals surface area contributed by atoms with Gasteiger partial charge in [-0.3, -0.25) is 9.69 Å². The van der Waals surface area contributed by atoms with Gasteiger partial charge in [-0.15, -0.1) is 0 Å². The normalized spacial score (nSPS) is 14.6. The maximum Gasteiger partial charge on any atom is 0.274 e. The number of ether oxygens (including phenoxy) is 1. The Morgan fingerprint density at radius 2 is 1.74 bits per heavy atom. The molecule has 1 fully saturated rings. The van der Waals surface area contributed by atoms with Crippen LogP contribution >= 0.6 is 23.2 Å². The molecule has 31 heavy (non-hydrogen) atoms. The van der Waals surface area contributed by atoms with Crippen LogP contribution in [0.5, 0.6) is 5.75 Å². The first kappa shape index (κ1) is 21.6. The number of piperazine rings is 1. The molecule has 1 aromatic heterocycles. The lowest BCUT2D eigenvalue weighted by atomic mass is 10.2. The van der Waals surface area contributed by atoms with Crippen LogP contribution in [0.15, 0.2) is 54.7 Å². The van der Waals surface area contributed by atoms with Crippen LogP contribution in [0.4, 0.5) is 4.39 Å². The van der Waals surface area contributed by atoms with Crippen molar-refractivity contribution in [1.82, 2.24) is 19.6 Å². The van der Waals surface area contributed by atoms with Gasteiger partial charge in [0.25, 0.3) is 5.91 Å². The average molecular weight is 463 g/mol. The van der Waals surface area contributed by atoms with Crippen molar-refractivity contribution in [3.05, 3.63) is 81.8 Å². The Kier molecular flexibility index (Phi) is 6.75. The minimum atomic E-state index is -0.234. The van der Waals surface area contributed by atoms with Crippen LogP contribution in [0.25, 0.3) is 0 Å². The van der Waals surface area contributed by atoms with Crippen LogP contribution in [-0.2, 0) is 13.3 Å². The van der Waals surface area contributed by atoms with Gasteiger partial charge in [0.2, 0.25) is 0 Å². The highest BCUT2D eigenvalue weighted by Crippen LogP contribution is 2.32. The Morgan fingerprint density at radius 1 is 1.03 bits per heavy atom. The van der Waals surface area contributed by atoms with Crippen molar-refractivity contribution in [1.29, 1.82) is 0 Å². The van der Waals surface area contributed by atoms with Crippen molar-refractivity contribution in [2.45, 2.75) is 13.3 Å². The number of amides is 1. The number of hydrogen-bond donors (Lipinski definition) is 0. The molecule has 1 aliphatic heterocycles. The molecule has 1 saturated heterocycles. The molecule has 2 aromatic carbocycles. The fraction of sp³-hybridized carbons (Fsp3) is 0.273. The molecule has 3 aromatic rings. The van der Waals surface area contributed by atoms with Gasteiger partial charge in [0, 0.05) is 38.9 Å². The number of nitrogens with zero attached hydrogens (tertiary/aromatic N) is 4. The second kappa shape index (κ2) is 9.68. The number of rotatable bonds is 6. The zero-order valence-corrected chi connectivity index (χ0v) is 18.2. The highest BCUT2D eigenvalue weighted by atomic mass is 35.5. The first-order chi connectivity index (χ1) is 15.0. The predicted octanol–water partition coefficient (Wildman–Crippen LogP) is 4.32. The molecule has 0 radical (unpaired) electrons. The highest BCUT2D eigenvalue weighted by molar-refractivity contribution is 6.37. The minimum absolute atomic E-state index is 0.0815. The summed E-state index contributed by atoms with van der Waals surface area (Å²) >= 11 is 12.2. The maximum atomic E-state index is 13.4. The van der Waals surface area contributed by atoms with Gasteiger partial charge in [-0.25, -0.2) is 9.07 Å². The molecule has 0 spiro atoms. The van der Waals surface area contributed by atoms with Crippen molar-refractivity contribution in [2.75, 3.05) is 26.2 Å². The monoisotopic (exact) mass is 462 g/mol. The Bertz CT molecular complexity index is 1050. The Hall–Kier alpha value is -2.61. The van der Waals surface area contributed by atoms with Gasteiger partial charge in [0.15, 0.2) is 18.2 Å². The van der Waals surface area contributed by atoms with Gasteiger partial charge in [-0.05, 0) is 35.9 Å². The molecule has 6 nitrogen and oxygen atoms in total. The zero-order valence-electron chi connectivity index (χ0n) is 16.7. The summed E-state index contributed by atoms with van der Waals surface area (Å²) in [4.78, 5) is 16.8. The number of carbonyl (C=O) groups excluding carboxylic acids is 1. The molecule has 0 unspecified atom stereocenters. The molecule has 0 N–H and O–H groups in total. The molecule has 0 atom stereocenters. The molecular formula is C22H21Cl2FN4O2. The van der Waals surface area contributed by atoms with Crippen molar-refractivity contribution < 1.29 is 13.9 Å². The van der Waals surface area contributed by atoms with Gasteiger partial charge < -0.3 is 9.64 Å². The summed E-state index contributed by atoms with van der Waals surface area (Å²) in [5.41, 5.74) is 1.28. The third-order valence-electron chi connectivity index (χ3n) is 5.07. The first-order valence-corrected chi connectivity index (χ1v) is 10.6. The number of aromatic nitrogens is 2. The third kappa shape index (κ3) is 5.36. The van der Waals surface area contributed by atoms with Gasteiger partial charge in [0.1, 0.15) is 5.82 Å². The largest absolute Gasteiger partial charge is 0.468 e. The topological polar surface area (TPSA) is 50.6 Å². The summed E-state index contributed by atoms with van der Waals surface area (Å²) in [5, 5.41) is 5.13. The number of halogens is 3. The van der Waals surface area contributed by atoms with Crippen molar-refractivity contribution in [3.63, 3.8) is 0 Å². The Balaban J connectivity index is 1.30. The van der Waals surface area contributed by atoms with E-state index >= 15 is 0 Å². The molecule has 1 amide bonds. The predicted molar refractivity (Wildman–Crippen MR) is 117 cm³/mol. The molecule has 1 aliphatic rings. The van der Waals surface area contributed by atoms with Crippen LogP contribution < -0.4 is 4.74 Å². The average Bonchev–Trinajstić information content (AvgIpc) is 3.22. The second-order valence-electron chi connectivity index (χ2n) is 7.26. The van der Waals surface area contributed by atoms with E-state index in [0.717, 1.165) is 18.7 Å². The third-order valence-corrected chi connectivity index (χ3v) is 5.67. The SMILES string of the molecule is O=C(c1ccn(COc2c(Cl)cccc2Cl)n1)N1CCN(Cc2cccc(F)c2)CC1. The van der Waals surface area contributed by atoms with E-state index in [1.54, 1.807) is 47.5 Å². The van der Waals surface area contributed by atoms with E-state index in [2.05, 4.69) is 10.00 Å². The fourth-order valence-electron chi connectivity index (χ4n) is 3.46. The van der Waals surface area contributed by atoms with E-state index < -0.39 is 0 Å². The number of benzene rings is 2. The summed E-state index contributed by atoms with van der Waals surface area (Å²) < 4.78 is 20.5. The highest BCUT2D eigenvalue weighted by Gasteiger charge is 2.24. The number of hydrogen-bond acceptors (Lipinski definition) is 4. The summed E-state index contributed by atoms with van der Waals surface area (Å²) in [6.07, 6.45) is 1.68. The molecule has 0 bridgehead atoms. The minimum Gasteiger partial charge on any atom is -0.468 e. The van der Waals surface area contributed by atoms with Crippen LogP contribution in [0.1, 0.15) is 16.1 Å². The van der Waals surface area contributed by atoms with Gasteiger partial charge >= 0.3 is 0 Å². The van der Waals surface area contributed by atoms with Crippen molar-refractivity contribution in [3.8, 4) is 5.75 Å². The summed E-state index contributed by atoms with van der Waals surface area (Å²) in [5.74, 6) is 0.0197. The Labute approximate surface area is 189 Å². The lowest BCUT2D eigenvalue weighted by Crippen LogP contribution is -2.48. The quantitative estimate of drug-likeness (QED) is 0.547. The molecular weight excluding hydrogens is 442 g/mol. The summed E-state index contributed by atoms with van der Waals surface area (Å²) in [7, 11) is 0. The van der Waals surface area contributed by atoms with Crippen LogP contribution in [0.2, 0.25) is 10.0 Å². The summed E-state index contributed by atoms with van der Waals surface area (Å²) in [6, 6.07) is 13.4. The van der Waals surface area contributed by atoms with Crippen LogP contribution in [0.3, 0.4) is 0 Å². The van der Waals surface area contributed by atoms with Crippen molar-refractivity contribution in [2.24, 2.45) is 0 Å². The molecule has 9 heteroatoms. The van der Waals surface area contributed by atoms with Crippen molar-refractivity contribution >= 4 is 29.1 Å². The molecule has 162 valence electrons. The van der Waals surface area contributed by atoms with E-state index in [4.69, 9.17) is 27.9 Å². The second-order valence-corrected chi connectivity index (χ2v) is 8.08. The zero-order chi connectivity index (χ0) is 21.8. The van der Waals surface area contributed by atoms with Gasteiger partial charge in [-0.1, -0.05) is 41.4 Å². The van der Waals surface area contributed by atoms with Gasteiger partial charge in [-0.2, -0.15) is 5.10 Å². The first-order valence-electron chi connectivity index (χ1n) is 9.86. The molecule has 0 saturated carbocycles. The van der Waals surface area contributed by atoms with Crippen LogP contribution in [0, 0.1) is 5.82 Å². The smallest absolute Gasteiger partial charge is 0.274 e. The standard InChI is InChI=1S/C22H21Cl2FN4O2/c23-18-5-2-6-19(24)21(18)31-15-29-8-7-20(26-29)22(30)28-11-9-27(10-12-28)14-16-3-1-4-17(25)13-16/h1-8,13H,9-12,14-15H2. The molecule has 2 heterocycles. The molecule has 0 aliphatic carbocycles. The van der Waals surface area contributed by atoms with E-state index in [-0.39, 0.29) is 18.5 Å². The van der Waals surface area contributed by atoms with E-state index in [9.17, 15) is 9.18 Å². The maximum absolute atomic E-state index is 13.4. The number of carbonyl (C=O) groups is 1. The summed E-state index contributed by atoms with van der Waals surface area (Å²) in [6.45, 7) is 3.36. The number of para-hydroxylation sites is 1. The van der Waals surface area contributed by atoms with E-state index in [1.165, 1.54) is 10.7 Å². The van der Waals surface area contributed by atoms with E-state index in [0.29, 0.717) is 41.1 Å². The lowest BCUT2D eigenvalue weighted by Gasteiger charge is -2.34. The fourth-order valence-corrected chi connectivity index (χ4v) is 3.97. The molecule has 4 rings (SSSR count). The lowest BCUT2D eigenvalue weighted by molar-refractivity contribution is 0.0620.